The number of rotatable bonds is 0. The maximum atomic E-state index is 8.49. The molecule has 0 atom stereocenters. The molecule has 9 heavy (non-hydrogen) atoms. The third-order valence-corrected chi connectivity index (χ3v) is 0. The molecule has 0 aliphatic rings. The van der Waals surface area contributed by atoms with Crippen molar-refractivity contribution in [3.8, 4) is 6.07 Å². The molecule has 56 valence electrons. The first-order valence-electron chi connectivity index (χ1n) is 1.34. The van der Waals surface area contributed by atoms with E-state index in [9.17, 15) is 0 Å². The Balaban J connectivity index is -0.0000000800. The number of quaternary nitrogens is 1. The molecule has 6 nitrogen and oxygen atoms in total. The zero-order chi connectivity index (χ0) is 7.21. The van der Waals surface area contributed by atoms with Gasteiger partial charge in [0.1, 0.15) is 0 Å². The summed E-state index contributed by atoms with van der Waals surface area (Å²) < 4.78 is 34.0. The molecule has 0 aromatic carbocycles. The summed E-state index contributed by atoms with van der Waals surface area (Å²) in [6.45, 7) is 1.43. The van der Waals surface area contributed by atoms with Crippen molar-refractivity contribution >= 4 is 0 Å². The van der Waals surface area contributed by atoms with Crippen LogP contribution in [-0.4, -0.2) is 0 Å². The van der Waals surface area contributed by atoms with Gasteiger partial charge < -0.3 is 6.15 Å². The maximum absolute atomic E-state index is 8.49. The van der Waals surface area contributed by atoms with E-state index in [0.29, 0.717) is 0 Å². The minimum Gasteiger partial charge on any atom is -0.369 e. The molecule has 0 aromatic heterocycles. The second kappa shape index (κ2) is 7.58. The Kier molecular flexibility index (Phi) is 13.3. The van der Waals surface area contributed by atoms with E-state index in [1.165, 1.54) is 6.92 Å². The van der Waals surface area contributed by atoms with Crippen molar-refractivity contribution < 1.29 is 28.9 Å². The van der Waals surface area contributed by atoms with Crippen molar-refractivity contribution in [1.82, 2.24) is 6.15 Å². The fourth-order valence-electron chi connectivity index (χ4n) is 0. The normalized spacial score (nSPS) is 7.56. The molecule has 0 bridgehead atoms. The van der Waals surface area contributed by atoms with Crippen LogP contribution in [0.5, 0.6) is 0 Å². The van der Waals surface area contributed by atoms with Gasteiger partial charge in [-0.3, -0.25) is 0 Å². The van der Waals surface area contributed by atoms with Crippen LogP contribution < -0.4 is 24.8 Å². The first-order valence-corrected chi connectivity index (χ1v) is 2.58. The highest BCUT2D eigenvalue weighted by atomic mass is 35.7. The lowest BCUT2D eigenvalue weighted by Crippen LogP contribution is -2.68. The monoisotopic (exact) mass is 158 g/mol. The van der Waals surface area contributed by atoms with Gasteiger partial charge in [0.15, 0.2) is 0 Å². The molecule has 4 N–H and O–H groups in total. The Bertz CT molecular complexity index is 77.5. The van der Waals surface area contributed by atoms with Gasteiger partial charge in [0.05, 0.1) is 6.07 Å². The lowest BCUT2D eigenvalue weighted by Gasteiger charge is -2.17. The van der Waals surface area contributed by atoms with Crippen molar-refractivity contribution in [2.24, 2.45) is 0 Å². The molecule has 0 aliphatic carbocycles. The zero-order valence-electron chi connectivity index (χ0n) is 4.96. The van der Waals surface area contributed by atoms with Gasteiger partial charge in [-0.2, -0.15) is 5.26 Å². The maximum Gasteiger partial charge on any atom is 0.0587 e. The lowest BCUT2D eigenvalue weighted by molar-refractivity contribution is -2.00. The summed E-state index contributed by atoms with van der Waals surface area (Å²) in [5.74, 6) is 0. The molecule has 0 heterocycles. The molecular weight excluding hydrogens is 151 g/mol. The van der Waals surface area contributed by atoms with E-state index < -0.39 is 10.2 Å². The van der Waals surface area contributed by atoms with Crippen molar-refractivity contribution in [1.29, 1.82) is 5.26 Å². The minimum atomic E-state index is -4.94. The van der Waals surface area contributed by atoms with Crippen LogP contribution in [0.3, 0.4) is 0 Å². The molecule has 0 fully saturated rings. The summed E-state index contributed by atoms with van der Waals surface area (Å²) in [6.07, 6.45) is 0. The lowest BCUT2D eigenvalue weighted by atomic mass is 11.0. The molecule has 0 aliphatic heterocycles. The predicted molar refractivity (Wildman–Crippen MR) is 17.3 cm³/mol. The Morgan fingerprint density at radius 2 is 1.22 bits per heavy atom. The number of hydrogen-bond donors (Lipinski definition) is 1. The van der Waals surface area contributed by atoms with Gasteiger partial charge in [0.25, 0.3) is 0 Å². The van der Waals surface area contributed by atoms with Gasteiger partial charge >= 0.3 is 0 Å². The quantitative estimate of drug-likeness (QED) is 0.382. The van der Waals surface area contributed by atoms with Crippen LogP contribution in [0.1, 0.15) is 6.92 Å². The summed E-state index contributed by atoms with van der Waals surface area (Å²) in [4.78, 5) is 0. The number of nitriles is 1. The average molecular weight is 159 g/mol. The van der Waals surface area contributed by atoms with Crippen molar-refractivity contribution in [3.63, 3.8) is 0 Å². The molecule has 0 saturated heterocycles. The fraction of sp³-hybridized carbons (Fsp3) is 0.500. The van der Waals surface area contributed by atoms with Crippen LogP contribution in [0.15, 0.2) is 0 Å². The third-order valence-electron chi connectivity index (χ3n) is 0. The number of hydrogen-bond acceptors (Lipinski definition) is 5. The molecule has 0 saturated carbocycles. The largest absolute Gasteiger partial charge is 0.369 e. The van der Waals surface area contributed by atoms with Gasteiger partial charge in [-0.1, -0.05) is 0 Å². The van der Waals surface area contributed by atoms with Gasteiger partial charge in [-0.25, -0.2) is 18.6 Å². The van der Waals surface area contributed by atoms with Crippen LogP contribution in [0.25, 0.3) is 0 Å². The Morgan fingerprint density at radius 3 is 1.22 bits per heavy atom. The number of nitrogens with zero attached hydrogens (tertiary/aromatic N) is 1. The van der Waals surface area contributed by atoms with E-state index in [1.54, 1.807) is 6.07 Å². The second-order valence-corrected chi connectivity index (χ2v) is 1.36. The molecule has 0 amide bonds. The Labute approximate surface area is 54.3 Å². The zero-order valence-corrected chi connectivity index (χ0v) is 5.71. The summed E-state index contributed by atoms with van der Waals surface area (Å²) >= 11 is 0. The van der Waals surface area contributed by atoms with Crippen molar-refractivity contribution in [2.45, 2.75) is 6.92 Å². The minimum absolute atomic E-state index is 0. The molecule has 0 unspecified atom stereocenters. The van der Waals surface area contributed by atoms with Crippen molar-refractivity contribution in [3.05, 3.63) is 0 Å². The summed E-state index contributed by atoms with van der Waals surface area (Å²) in [5.41, 5.74) is 0. The number of halogens is 1. The highest BCUT2D eigenvalue weighted by Gasteiger charge is 1.84. The van der Waals surface area contributed by atoms with Gasteiger partial charge in [-0.05, 0) is 0 Å². The van der Waals surface area contributed by atoms with Gasteiger partial charge in [0.2, 0.25) is 0 Å². The first kappa shape index (κ1) is 15.8. The fourth-order valence-corrected chi connectivity index (χ4v) is 0. The van der Waals surface area contributed by atoms with Crippen LogP contribution in [-0.2, 0) is 0 Å². The van der Waals surface area contributed by atoms with Crippen molar-refractivity contribution in [2.75, 3.05) is 0 Å². The van der Waals surface area contributed by atoms with Gasteiger partial charge in [0, 0.05) is 6.92 Å². The third kappa shape index (κ3) is 1340. The van der Waals surface area contributed by atoms with E-state index in [0.717, 1.165) is 0 Å². The highest BCUT2D eigenvalue weighted by molar-refractivity contribution is 4.51. The average Bonchev–Trinajstić information content (AvgIpc) is 1.27. The Hall–Kier alpha value is -0.420. The molecule has 0 radical (unpaired) electrons. The molecular formula is C2H7ClN2O4. The Morgan fingerprint density at radius 1 is 1.22 bits per heavy atom. The smallest absolute Gasteiger partial charge is 0.0587 e. The van der Waals surface area contributed by atoms with Crippen LogP contribution in [0.4, 0.5) is 0 Å². The SMILES string of the molecule is CC#N.[NH4+].[O-][Cl+3]([O-])([O-])[O-]. The van der Waals surface area contributed by atoms with Crippen LogP contribution in [0, 0.1) is 21.6 Å². The summed E-state index contributed by atoms with van der Waals surface area (Å²) in [7, 11) is -4.94. The molecule has 0 rings (SSSR count). The highest BCUT2D eigenvalue weighted by Crippen LogP contribution is 1.49. The first-order chi connectivity index (χ1) is 3.41. The molecule has 7 heteroatoms. The van der Waals surface area contributed by atoms with Crippen LogP contribution >= 0.6 is 0 Å². The van der Waals surface area contributed by atoms with E-state index in [2.05, 4.69) is 0 Å². The van der Waals surface area contributed by atoms with E-state index in [-0.39, 0.29) is 6.15 Å². The summed E-state index contributed by atoms with van der Waals surface area (Å²) in [5, 5.41) is 7.32. The van der Waals surface area contributed by atoms with E-state index in [1.807, 2.05) is 0 Å². The van der Waals surface area contributed by atoms with E-state index in [4.69, 9.17) is 23.9 Å². The predicted octanol–water partition coefficient (Wildman–Crippen LogP) is -3.85. The molecule has 0 aromatic rings. The van der Waals surface area contributed by atoms with Crippen LogP contribution in [0.2, 0.25) is 0 Å². The summed E-state index contributed by atoms with van der Waals surface area (Å²) in [6, 6.07) is 1.75. The molecule has 0 spiro atoms. The standard InChI is InChI=1S/C2H3N.ClHO4.H3N/c1-2-3;2-1(3,4)5;/h1H3;(H,2,3,4,5);1H3. The second-order valence-electron chi connectivity index (χ2n) is 0.602. The van der Waals surface area contributed by atoms with Gasteiger partial charge in [-0.15, -0.1) is 10.2 Å². The van der Waals surface area contributed by atoms with E-state index >= 15 is 0 Å². The topological polar surface area (TPSA) is 153 Å².